The summed E-state index contributed by atoms with van der Waals surface area (Å²) >= 11 is 0. The van der Waals surface area contributed by atoms with E-state index in [1.165, 1.54) is 0 Å². The molecule has 0 saturated heterocycles. The molecule has 0 bridgehead atoms. The normalized spacial score (nSPS) is 10.7. The molecular weight excluding hydrogens is 258 g/mol. The Kier molecular flexibility index (Phi) is 5.32. The molecule has 1 aromatic carbocycles. The lowest BCUT2D eigenvalue weighted by Crippen LogP contribution is -2.38. The van der Waals surface area contributed by atoms with Crippen molar-refractivity contribution in [3.63, 3.8) is 0 Å². The summed E-state index contributed by atoms with van der Waals surface area (Å²) in [7, 11) is 0. The third-order valence-corrected chi connectivity index (χ3v) is 2.75. The number of carboxylic acid groups (broad SMARTS) is 1. The van der Waals surface area contributed by atoms with Crippen LogP contribution in [0.5, 0.6) is 5.75 Å². The van der Waals surface area contributed by atoms with E-state index in [2.05, 4.69) is 11.9 Å². The molecular formula is C15H19NO4. The number of carboxylic acids is 1. The standard InChI is InChI=1S/C15H19NO4/c1-4-9-20-12-7-5-11(6-8-12)13(17)16-10-15(2,3)14(18)19/h4-8H,1,9-10H2,2-3H3,(H,16,17)(H,18,19). The molecule has 0 radical (unpaired) electrons. The molecule has 108 valence electrons. The van der Waals surface area contributed by atoms with Gasteiger partial charge in [0, 0.05) is 12.1 Å². The van der Waals surface area contributed by atoms with Crippen molar-refractivity contribution in [2.45, 2.75) is 13.8 Å². The molecule has 0 aromatic heterocycles. The van der Waals surface area contributed by atoms with Gasteiger partial charge < -0.3 is 15.2 Å². The van der Waals surface area contributed by atoms with Crippen molar-refractivity contribution in [2.75, 3.05) is 13.2 Å². The number of amides is 1. The van der Waals surface area contributed by atoms with Crippen LogP contribution in [0.4, 0.5) is 0 Å². The minimum absolute atomic E-state index is 0.0654. The van der Waals surface area contributed by atoms with Gasteiger partial charge in [0.05, 0.1) is 5.41 Å². The van der Waals surface area contributed by atoms with Crippen LogP contribution in [-0.4, -0.2) is 30.1 Å². The first-order valence-corrected chi connectivity index (χ1v) is 6.22. The largest absolute Gasteiger partial charge is 0.490 e. The Bertz CT molecular complexity index is 491. The number of hydrogen-bond acceptors (Lipinski definition) is 3. The quantitative estimate of drug-likeness (QED) is 0.748. The van der Waals surface area contributed by atoms with E-state index in [0.29, 0.717) is 17.9 Å². The van der Waals surface area contributed by atoms with Crippen molar-refractivity contribution in [1.29, 1.82) is 0 Å². The lowest BCUT2D eigenvalue weighted by atomic mass is 9.94. The average molecular weight is 277 g/mol. The summed E-state index contributed by atoms with van der Waals surface area (Å²) in [5.74, 6) is -0.618. The van der Waals surface area contributed by atoms with Crippen molar-refractivity contribution in [3.8, 4) is 5.75 Å². The van der Waals surface area contributed by atoms with E-state index >= 15 is 0 Å². The fourth-order valence-electron chi connectivity index (χ4n) is 1.34. The van der Waals surface area contributed by atoms with Gasteiger partial charge in [0.2, 0.25) is 0 Å². The van der Waals surface area contributed by atoms with E-state index in [1.54, 1.807) is 44.2 Å². The smallest absolute Gasteiger partial charge is 0.310 e. The van der Waals surface area contributed by atoms with Crippen LogP contribution in [0.1, 0.15) is 24.2 Å². The first-order valence-electron chi connectivity index (χ1n) is 6.22. The molecule has 0 fully saturated rings. The maximum atomic E-state index is 11.9. The van der Waals surface area contributed by atoms with Crippen LogP contribution in [0.2, 0.25) is 0 Å². The molecule has 0 heterocycles. The van der Waals surface area contributed by atoms with Gasteiger partial charge in [0.25, 0.3) is 5.91 Å². The Hall–Kier alpha value is -2.30. The second-order valence-electron chi connectivity index (χ2n) is 5.00. The Morgan fingerprint density at radius 2 is 1.95 bits per heavy atom. The first-order chi connectivity index (χ1) is 9.36. The maximum Gasteiger partial charge on any atom is 0.310 e. The second kappa shape index (κ2) is 6.75. The van der Waals surface area contributed by atoms with Gasteiger partial charge in [-0.1, -0.05) is 12.7 Å². The highest BCUT2D eigenvalue weighted by molar-refractivity contribution is 5.94. The predicted octanol–water partition coefficient (Wildman–Crippen LogP) is 2.09. The molecule has 0 saturated carbocycles. The highest BCUT2D eigenvalue weighted by Crippen LogP contribution is 2.15. The van der Waals surface area contributed by atoms with Crippen molar-refractivity contribution >= 4 is 11.9 Å². The van der Waals surface area contributed by atoms with Crippen LogP contribution in [0.15, 0.2) is 36.9 Å². The fourth-order valence-corrected chi connectivity index (χ4v) is 1.34. The molecule has 1 amide bonds. The summed E-state index contributed by atoms with van der Waals surface area (Å²) in [5.41, 5.74) is -0.542. The average Bonchev–Trinajstić information content (AvgIpc) is 2.43. The molecule has 0 aliphatic carbocycles. The highest BCUT2D eigenvalue weighted by Gasteiger charge is 2.27. The summed E-state index contributed by atoms with van der Waals surface area (Å²) in [6.07, 6.45) is 1.63. The number of carbonyl (C=O) groups is 2. The van der Waals surface area contributed by atoms with Gasteiger partial charge in [-0.3, -0.25) is 9.59 Å². The van der Waals surface area contributed by atoms with Gasteiger partial charge in [0.15, 0.2) is 0 Å². The van der Waals surface area contributed by atoms with Crippen LogP contribution in [0.3, 0.4) is 0 Å². The molecule has 0 unspecified atom stereocenters. The second-order valence-corrected chi connectivity index (χ2v) is 5.00. The Labute approximate surface area is 118 Å². The molecule has 5 nitrogen and oxygen atoms in total. The summed E-state index contributed by atoms with van der Waals surface area (Å²) in [6, 6.07) is 6.62. The van der Waals surface area contributed by atoms with Gasteiger partial charge in [-0.2, -0.15) is 0 Å². The number of ether oxygens (including phenoxy) is 1. The van der Waals surface area contributed by atoms with Gasteiger partial charge in [-0.05, 0) is 38.1 Å². The Balaban J connectivity index is 2.60. The number of benzene rings is 1. The van der Waals surface area contributed by atoms with Gasteiger partial charge >= 0.3 is 5.97 Å². The zero-order chi connectivity index (χ0) is 15.2. The van der Waals surface area contributed by atoms with Crippen molar-refractivity contribution < 1.29 is 19.4 Å². The summed E-state index contributed by atoms with van der Waals surface area (Å²) in [6.45, 7) is 7.13. The number of carbonyl (C=O) groups excluding carboxylic acids is 1. The maximum absolute atomic E-state index is 11.9. The van der Waals surface area contributed by atoms with E-state index < -0.39 is 11.4 Å². The predicted molar refractivity (Wildman–Crippen MR) is 75.9 cm³/mol. The Morgan fingerprint density at radius 1 is 1.35 bits per heavy atom. The van der Waals surface area contributed by atoms with E-state index in [0.717, 1.165) is 0 Å². The van der Waals surface area contributed by atoms with Gasteiger partial charge in [-0.15, -0.1) is 0 Å². The molecule has 5 heteroatoms. The fraction of sp³-hybridized carbons (Fsp3) is 0.333. The van der Waals surface area contributed by atoms with Crippen molar-refractivity contribution in [2.24, 2.45) is 5.41 Å². The molecule has 0 aliphatic rings. The van der Waals surface area contributed by atoms with Crippen LogP contribution in [-0.2, 0) is 4.79 Å². The van der Waals surface area contributed by atoms with Crippen molar-refractivity contribution in [3.05, 3.63) is 42.5 Å². The first kappa shape index (κ1) is 15.8. The zero-order valence-electron chi connectivity index (χ0n) is 11.7. The molecule has 1 aromatic rings. The van der Waals surface area contributed by atoms with E-state index in [9.17, 15) is 9.59 Å². The number of rotatable bonds is 7. The molecule has 20 heavy (non-hydrogen) atoms. The van der Waals surface area contributed by atoms with Crippen LogP contribution in [0.25, 0.3) is 0 Å². The van der Waals surface area contributed by atoms with Gasteiger partial charge in [0.1, 0.15) is 12.4 Å². The summed E-state index contributed by atoms with van der Waals surface area (Å²) in [5, 5.41) is 11.6. The van der Waals surface area contributed by atoms with E-state index in [-0.39, 0.29) is 12.5 Å². The molecule has 0 spiro atoms. The van der Waals surface area contributed by atoms with E-state index in [1.807, 2.05) is 0 Å². The minimum atomic E-state index is -0.997. The summed E-state index contributed by atoms with van der Waals surface area (Å²) in [4.78, 5) is 22.8. The van der Waals surface area contributed by atoms with Gasteiger partial charge in [-0.25, -0.2) is 0 Å². The van der Waals surface area contributed by atoms with Crippen LogP contribution < -0.4 is 10.1 Å². The molecule has 2 N–H and O–H groups in total. The highest BCUT2D eigenvalue weighted by atomic mass is 16.5. The lowest BCUT2D eigenvalue weighted by molar-refractivity contribution is -0.146. The molecule has 1 rings (SSSR count). The van der Waals surface area contributed by atoms with E-state index in [4.69, 9.17) is 9.84 Å². The SMILES string of the molecule is C=CCOc1ccc(C(=O)NCC(C)(C)C(=O)O)cc1. The third-order valence-electron chi connectivity index (χ3n) is 2.75. The molecule has 0 aliphatic heterocycles. The number of nitrogens with one attached hydrogen (secondary N) is 1. The van der Waals surface area contributed by atoms with Crippen LogP contribution >= 0.6 is 0 Å². The zero-order valence-corrected chi connectivity index (χ0v) is 11.7. The lowest BCUT2D eigenvalue weighted by Gasteiger charge is -2.19. The third kappa shape index (κ3) is 4.42. The van der Waals surface area contributed by atoms with Crippen LogP contribution in [0, 0.1) is 5.41 Å². The minimum Gasteiger partial charge on any atom is -0.490 e. The molecule has 0 atom stereocenters. The topological polar surface area (TPSA) is 75.6 Å². The van der Waals surface area contributed by atoms with Crippen molar-refractivity contribution in [1.82, 2.24) is 5.32 Å². The monoisotopic (exact) mass is 277 g/mol. The number of hydrogen-bond donors (Lipinski definition) is 2. The Morgan fingerprint density at radius 3 is 2.45 bits per heavy atom. The summed E-state index contributed by atoms with van der Waals surface area (Å²) < 4.78 is 5.31. The number of aliphatic carboxylic acids is 1.